The van der Waals surface area contributed by atoms with Crippen LogP contribution in [0.5, 0.6) is 0 Å². The van der Waals surface area contributed by atoms with Crippen molar-refractivity contribution in [3.05, 3.63) is 48.4 Å². The zero-order chi connectivity index (χ0) is 13.1. The molecule has 0 radical (unpaired) electrons. The number of nitrogens with zero attached hydrogens (tertiary/aromatic N) is 2. The minimum Gasteiger partial charge on any atom is -0.408 e. The van der Waals surface area contributed by atoms with Crippen molar-refractivity contribution in [3.8, 4) is 0 Å². The summed E-state index contributed by atoms with van der Waals surface area (Å²) in [5, 5.41) is 13.3. The van der Waals surface area contributed by atoms with Gasteiger partial charge in [0.15, 0.2) is 0 Å². The summed E-state index contributed by atoms with van der Waals surface area (Å²) in [5.41, 5.74) is 6.35. The first-order valence-electron chi connectivity index (χ1n) is 6.13. The van der Waals surface area contributed by atoms with Gasteiger partial charge in [0, 0.05) is 18.7 Å². The number of nitrogens with one attached hydrogen (secondary N) is 1. The van der Waals surface area contributed by atoms with Crippen LogP contribution in [0.2, 0.25) is 0 Å². The van der Waals surface area contributed by atoms with Gasteiger partial charge in [-0.05, 0) is 22.9 Å². The Morgan fingerprint density at radius 1 is 1.05 bits per heavy atom. The molecule has 0 aliphatic rings. The van der Waals surface area contributed by atoms with Crippen molar-refractivity contribution < 1.29 is 4.42 Å². The molecule has 0 aliphatic heterocycles. The molecule has 0 saturated heterocycles. The molecule has 0 saturated carbocycles. The van der Waals surface area contributed by atoms with Gasteiger partial charge in [0.05, 0.1) is 0 Å². The molecule has 19 heavy (non-hydrogen) atoms. The van der Waals surface area contributed by atoms with Crippen molar-refractivity contribution in [1.82, 2.24) is 10.2 Å². The average molecular weight is 254 g/mol. The second-order valence-electron chi connectivity index (χ2n) is 4.23. The molecule has 96 valence electrons. The van der Waals surface area contributed by atoms with Crippen molar-refractivity contribution in [3.63, 3.8) is 0 Å². The molecule has 0 aliphatic carbocycles. The third-order valence-electron chi connectivity index (χ3n) is 2.83. The molecule has 5 nitrogen and oxygen atoms in total. The van der Waals surface area contributed by atoms with Gasteiger partial charge in [-0.15, -0.1) is 5.10 Å². The van der Waals surface area contributed by atoms with Crippen LogP contribution in [-0.4, -0.2) is 16.7 Å². The van der Waals surface area contributed by atoms with Gasteiger partial charge in [-0.2, -0.15) is 0 Å². The normalized spacial score (nSPS) is 10.8. The maximum Gasteiger partial charge on any atom is 0.320 e. The maximum absolute atomic E-state index is 5.44. The summed E-state index contributed by atoms with van der Waals surface area (Å²) in [6.45, 7) is 0.498. The Morgan fingerprint density at radius 3 is 2.74 bits per heavy atom. The molecule has 3 aromatic rings. The van der Waals surface area contributed by atoms with Crippen molar-refractivity contribution in [2.24, 2.45) is 5.73 Å². The van der Waals surface area contributed by atoms with Gasteiger partial charge in [-0.25, -0.2) is 0 Å². The number of hydrogen-bond acceptors (Lipinski definition) is 5. The number of fused-ring (bicyclic) bond motifs is 1. The van der Waals surface area contributed by atoms with E-state index in [2.05, 4.69) is 33.7 Å². The van der Waals surface area contributed by atoms with Gasteiger partial charge in [0.25, 0.3) is 0 Å². The van der Waals surface area contributed by atoms with Gasteiger partial charge >= 0.3 is 6.01 Å². The topological polar surface area (TPSA) is 77.0 Å². The standard InChI is InChI=1S/C14H14N4O/c15-8-7-13-17-18-14(19-13)16-12-6-5-10-3-1-2-4-11(10)9-12/h1-6,9H,7-8,15H2,(H,16,18). The van der Waals surface area contributed by atoms with E-state index < -0.39 is 0 Å². The molecular formula is C14H14N4O. The van der Waals surface area contributed by atoms with Crippen LogP contribution >= 0.6 is 0 Å². The fourth-order valence-corrected chi connectivity index (χ4v) is 1.92. The van der Waals surface area contributed by atoms with Crippen LogP contribution in [0.1, 0.15) is 5.89 Å². The molecule has 0 amide bonds. The van der Waals surface area contributed by atoms with Crippen LogP contribution in [0.4, 0.5) is 11.7 Å². The van der Waals surface area contributed by atoms with Crippen LogP contribution in [-0.2, 0) is 6.42 Å². The zero-order valence-corrected chi connectivity index (χ0v) is 10.3. The highest BCUT2D eigenvalue weighted by atomic mass is 16.4. The van der Waals surface area contributed by atoms with E-state index in [1.807, 2.05) is 24.3 Å². The Labute approximate surface area is 110 Å². The Hall–Kier alpha value is -2.40. The van der Waals surface area contributed by atoms with Crippen LogP contribution < -0.4 is 11.1 Å². The summed E-state index contributed by atoms with van der Waals surface area (Å²) in [5.74, 6) is 0.547. The second kappa shape index (κ2) is 5.07. The molecule has 0 fully saturated rings. The fourth-order valence-electron chi connectivity index (χ4n) is 1.92. The predicted molar refractivity (Wildman–Crippen MR) is 74.3 cm³/mol. The Morgan fingerprint density at radius 2 is 1.89 bits per heavy atom. The summed E-state index contributed by atoms with van der Waals surface area (Å²) in [6, 6.07) is 14.6. The van der Waals surface area contributed by atoms with Crippen molar-refractivity contribution in [2.75, 3.05) is 11.9 Å². The number of aromatic nitrogens is 2. The highest BCUT2D eigenvalue weighted by Crippen LogP contribution is 2.21. The van der Waals surface area contributed by atoms with Crippen molar-refractivity contribution in [2.45, 2.75) is 6.42 Å². The Bertz CT molecular complexity index is 692. The second-order valence-corrected chi connectivity index (χ2v) is 4.23. The summed E-state index contributed by atoms with van der Waals surface area (Å²) >= 11 is 0. The molecule has 1 aromatic heterocycles. The van der Waals surface area contributed by atoms with Crippen LogP contribution in [0, 0.1) is 0 Å². The smallest absolute Gasteiger partial charge is 0.320 e. The van der Waals surface area contributed by atoms with E-state index in [4.69, 9.17) is 10.2 Å². The Kier molecular flexibility index (Phi) is 3.12. The van der Waals surface area contributed by atoms with Gasteiger partial charge in [-0.1, -0.05) is 35.4 Å². The lowest BCUT2D eigenvalue weighted by Gasteiger charge is -2.03. The highest BCUT2D eigenvalue weighted by Gasteiger charge is 2.05. The van der Waals surface area contributed by atoms with Crippen molar-refractivity contribution >= 4 is 22.5 Å². The first kappa shape index (κ1) is 11.7. The first-order chi connectivity index (χ1) is 9.35. The largest absolute Gasteiger partial charge is 0.408 e. The number of rotatable bonds is 4. The SMILES string of the molecule is NCCc1nnc(Nc2ccc3ccccc3c2)o1. The highest BCUT2D eigenvalue weighted by molar-refractivity contribution is 5.86. The van der Waals surface area contributed by atoms with E-state index in [-0.39, 0.29) is 0 Å². The first-order valence-corrected chi connectivity index (χ1v) is 6.13. The maximum atomic E-state index is 5.44. The molecule has 0 spiro atoms. The third-order valence-corrected chi connectivity index (χ3v) is 2.83. The Balaban J connectivity index is 1.83. The van der Waals surface area contributed by atoms with Crippen LogP contribution in [0.3, 0.4) is 0 Å². The average Bonchev–Trinajstić information content (AvgIpc) is 2.86. The lowest BCUT2D eigenvalue weighted by atomic mass is 10.1. The van der Waals surface area contributed by atoms with E-state index in [0.717, 1.165) is 11.1 Å². The predicted octanol–water partition coefficient (Wildman–Crippen LogP) is 2.47. The molecule has 3 N–H and O–H groups in total. The quantitative estimate of drug-likeness (QED) is 0.748. The molecule has 0 atom stereocenters. The monoisotopic (exact) mass is 254 g/mol. The molecule has 0 unspecified atom stereocenters. The summed E-state index contributed by atoms with van der Waals surface area (Å²) in [4.78, 5) is 0. The van der Waals surface area contributed by atoms with Crippen molar-refractivity contribution in [1.29, 1.82) is 0 Å². The lowest BCUT2D eigenvalue weighted by Crippen LogP contribution is -2.02. The molecule has 0 bridgehead atoms. The van der Waals surface area contributed by atoms with E-state index in [9.17, 15) is 0 Å². The molecule has 1 heterocycles. The van der Waals surface area contributed by atoms with Gasteiger partial charge < -0.3 is 15.5 Å². The molecule has 5 heteroatoms. The lowest BCUT2D eigenvalue weighted by molar-refractivity contribution is 0.510. The van der Waals surface area contributed by atoms with E-state index >= 15 is 0 Å². The molecule has 2 aromatic carbocycles. The van der Waals surface area contributed by atoms with E-state index in [0.29, 0.717) is 24.9 Å². The number of hydrogen-bond donors (Lipinski definition) is 2. The minimum absolute atomic E-state index is 0.388. The van der Waals surface area contributed by atoms with Gasteiger partial charge in [-0.3, -0.25) is 0 Å². The van der Waals surface area contributed by atoms with E-state index in [1.54, 1.807) is 0 Å². The zero-order valence-electron chi connectivity index (χ0n) is 10.3. The number of benzene rings is 2. The van der Waals surface area contributed by atoms with Gasteiger partial charge in [0.1, 0.15) is 0 Å². The molecule has 3 rings (SSSR count). The number of nitrogens with two attached hydrogens (primary N) is 1. The fraction of sp³-hybridized carbons (Fsp3) is 0.143. The summed E-state index contributed by atoms with van der Waals surface area (Å²) < 4.78 is 5.43. The molecular weight excluding hydrogens is 240 g/mol. The minimum atomic E-state index is 0.388. The summed E-state index contributed by atoms with van der Waals surface area (Å²) in [7, 11) is 0. The van der Waals surface area contributed by atoms with Crippen LogP contribution in [0.25, 0.3) is 10.8 Å². The van der Waals surface area contributed by atoms with Crippen LogP contribution in [0.15, 0.2) is 46.9 Å². The third kappa shape index (κ3) is 2.56. The van der Waals surface area contributed by atoms with E-state index in [1.165, 1.54) is 5.39 Å². The number of anilines is 2. The summed E-state index contributed by atoms with van der Waals surface area (Å²) in [6.07, 6.45) is 0.590. The van der Waals surface area contributed by atoms with Gasteiger partial charge in [0.2, 0.25) is 5.89 Å².